The van der Waals surface area contributed by atoms with Crippen LogP contribution in [-0.2, 0) is 18.8 Å². The molecule has 0 amide bonds. The summed E-state index contributed by atoms with van der Waals surface area (Å²) in [5.74, 6) is -0.832. The number of thioether (sulfide) groups is 1. The van der Waals surface area contributed by atoms with E-state index >= 15 is 0 Å². The molecule has 7 heteroatoms. The van der Waals surface area contributed by atoms with Crippen molar-refractivity contribution in [2.45, 2.75) is 37.6 Å². The maximum Gasteiger partial charge on any atom is 0.284 e. The molecule has 110 valence electrons. The summed E-state index contributed by atoms with van der Waals surface area (Å²) in [6.07, 6.45) is 5.42. The van der Waals surface area contributed by atoms with Gasteiger partial charge < -0.3 is 14.3 Å². The molecule has 0 aromatic carbocycles. The Hall–Kier alpha value is -1.34. The number of rotatable bonds is 8. The molecule has 4 nitrogen and oxygen atoms in total. The second-order valence-corrected chi connectivity index (χ2v) is 5.46. The molecule has 20 heavy (non-hydrogen) atoms. The highest BCUT2D eigenvalue weighted by Crippen LogP contribution is 2.21. The van der Waals surface area contributed by atoms with E-state index in [0.29, 0.717) is 24.1 Å². The lowest BCUT2D eigenvalue weighted by molar-refractivity contribution is 0.251. The summed E-state index contributed by atoms with van der Waals surface area (Å²) in [6, 6.07) is 3.82. The van der Waals surface area contributed by atoms with Gasteiger partial charge in [-0.15, -0.1) is 0 Å². The topological polar surface area (TPSA) is 43.0 Å². The van der Waals surface area contributed by atoms with Crippen LogP contribution in [0.2, 0.25) is 0 Å². The molecular formula is C13H17F2N3OS. The van der Waals surface area contributed by atoms with E-state index in [4.69, 9.17) is 4.42 Å². The highest BCUT2D eigenvalue weighted by atomic mass is 32.2. The fourth-order valence-corrected chi connectivity index (χ4v) is 2.24. The number of nitrogens with zero attached hydrogens (tertiary/aromatic N) is 2. The van der Waals surface area contributed by atoms with Gasteiger partial charge in [0.25, 0.3) is 5.76 Å². The van der Waals surface area contributed by atoms with E-state index < -0.39 is 5.76 Å². The van der Waals surface area contributed by atoms with Gasteiger partial charge >= 0.3 is 0 Å². The van der Waals surface area contributed by atoms with Gasteiger partial charge in [0.05, 0.1) is 18.6 Å². The Morgan fingerprint density at radius 3 is 2.90 bits per heavy atom. The van der Waals surface area contributed by atoms with Crippen molar-refractivity contribution in [1.29, 1.82) is 0 Å². The van der Waals surface area contributed by atoms with Gasteiger partial charge in [-0.2, -0.15) is 8.78 Å². The fraction of sp³-hybridized carbons (Fsp3) is 0.462. The van der Waals surface area contributed by atoms with Gasteiger partial charge in [0.1, 0.15) is 11.5 Å². The monoisotopic (exact) mass is 301 g/mol. The molecule has 1 unspecified atom stereocenters. The predicted molar refractivity (Wildman–Crippen MR) is 74.5 cm³/mol. The number of halogens is 2. The fourth-order valence-electron chi connectivity index (χ4n) is 1.79. The van der Waals surface area contributed by atoms with E-state index in [1.165, 1.54) is 0 Å². The van der Waals surface area contributed by atoms with E-state index in [0.717, 1.165) is 12.3 Å². The Kier molecular flexibility index (Phi) is 5.60. The van der Waals surface area contributed by atoms with Crippen LogP contribution >= 0.6 is 11.8 Å². The van der Waals surface area contributed by atoms with Crippen LogP contribution in [0, 0.1) is 0 Å². The number of alkyl halides is 2. The van der Waals surface area contributed by atoms with Crippen LogP contribution in [0.3, 0.4) is 0 Å². The van der Waals surface area contributed by atoms with Crippen molar-refractivity contribution in [3.8, 4) is 0 Å². The SMILES string of the molecule is CC(Cn1ccnc1)NCc1ccc(CSC(F)F)o1. The molecule has 2 heterocycles. The van der Waals surface area contributed by atoms with Crippen molar-refractivity contribution < 1.29 is 13.2 Å². The van der Waals surface area contributed by atoms with Gasteiger partial charge in [-0.1, -0.05) is 11.8 Å². The van der Waals surface area contributed by atoms with Crippen molar-refractivity contribution in [3.05, 3.63) is 42.4 Å². The molecular weight excluding hydrogens is 284 g/mol. The minimum atomic E-state index is -2.36. The van der Waals surface area contributed by atoms with E-state index in [-0.39, 0.29) is 11.8 Å². The number of nitrogens with one attached hydrogen (secondary N) is 1. The standard InChI is InChI=1S/C13H17F2N3OS/c1-10(7-18-5-4-16-9-18)17-6-11-2-3-12(19-11)8-20-13(14)15/h2-5,9-10,13,17H,6-8H2,1H3. The number of aromatic nitrogens is 2. The van der Waals surface area contributed by atoms with E-state index in [2.05, 4.69) is 17.2 Å². The maximum atomic E-state index is 12.1. The molecule has 2 rings (SSSR count). The number of hydrogen-bond donors (Lipinski definition) is 1. The summed E-state index contributed by atoms with van der Waals surface area (Å²) in [5, 5.41) is 3.32. The number of furan rings is 1. The zero-order chi connectivity index (χ0) is 14.4. The van der Waals surface area contributed by atoms with Crippen LogP contribution < -0.4 is 5.32 Å². The summed E-state index contributed by atoms with van der Waals surface area (Å²) >= 11 is 0.567. The van der Waals surface area contributed by atoms with Crippen LogP contribution in [0.25, 0.3) is 0 Å². The Balaban J connectivity index is 1.73. The van der Waals surface area contributed by atoms with Gasteiger partial charge in [0, 0.05) is 25.0 Å². The Morgan fingerprint density at radius 1 is 1.40 bits per heavy atom. The van der Waals surface area contributed by atoms with Crippen LogP contribution in [0.1, 0.15) is 18.4 Å². The third kappa shape index (κ3) is 4.97. The van der Waals surface area contributed by atoms with Crippen molar-refractivity contribution in [2.24, 2.45) is 0 Å². The molecule has 0 fully saturated rings. The Bertz CT molecular complexity index is 501. The van der Waals surface area contributed by atoms with Gasteiger partial charge in [0.2, 0.25) is 0 Å². The summed E-state index contributed by atoms with van der Waals surface area (Å²) in [5.41, 5.74) is 0. The first-order chi connectivity index (χ1) is 9.63. The lowest BCUT2D eigenvalue weighted by atomic mass is 10.3. The Labute approximate surface area is 120 Å². The van der Waals surface area contributed by atoms with Crippen LogP contribution in [0.15, 0.2) is 35.3 Å². The molecule has 0 saturated heterocycles. The van der Waals surface area contributed by atoms with E-state index in [1.54, 1.807) is 18.6 Å². The molecule has 0 saturated carbocycles. The molecule has 0 bridgehead atoms. The van der Waals surface area contributed by atoms with Crippen LogP contribution in [0.4, 0.5) is 8.78 Å². The summed E-state index contributed by atoms with van der Waals surface area (Å²) < 4.78 is 31.6. The third-order valence-corrected chi connectivity index (χ3v) is 3.44. The molecule has 0 aliphatic carbocycles. The average Bonchev–Trinajstić information content (AvgIpc) is 3.05. The molecule has 0 spiro atoms. The quantitative estimate of drug-likeness (QED) is 0.813. The largest absolute Gasteiger partial charge is 0.464 e. The highest BCUT2D eigenvalue weighted by molar-refractivity contribution is 7.98. The average molecular weight is 301 g/mol. The van der Waals surface area contributed by atoms with Crippen LogP contribution in [-0.4, -0.2) is 21.4 Å². The molecule has 0 aliphatic rings. The predicted octanol–water partition coefficient (Wildman–Crippen LogP) is 3.11. The lowest BCUT2D eigenvalue weighted by Crippen LogP contribution is -2.29. The summed E-state index contributed by atoms with van der Waals surface area (Å²) in [6.45, 7) is 3.46. The molecule has 0 aliphatic heterocycles. The van der Waals surface area contributed by atoms with Crippen LogP contribution in [0.5, 0.6) is 0 Å². The third-order valence-electron chi connectivity index (χ3n) is 2.74. The summed E-state index contributed by atoms with van der Waals surface area (Å²) in [4.78, 5) is 3.98. The molecule has 2 aromatic heterocycles. The van der Waals surface area contributed by atoms with E-state index in [1.807, 2.05) is 16.8 Å². The lowest BCUT2D eigenvalue weighted by Gasteiger charge is -2.13. The number of imidazole rings is 1. The first-order valence-electron chi connectivity index (χ1n) is 6.30. The summed E-state index contributed by atoms with van der Waals surface area (Å²) in [7, 11) is 0. The first kappa shape index (κ1) is 15.1. The number of hydrogen-bond acceptors (Lipinski definition) is 4. The van der Waals surface area contributed by atoms with Crippen molar-refractivity contribution in [2.75, 3.05) is 0 Å². The van der Waals surface area contributed by atoms with Gasteiger partial charge in [-0.3, -0.25) is 0 Å². The van der Waals surface area contributed by atoms with Crippen molar-refractivity contribution >= 4 is 11.8 Å². The van der Waals surface area contributed by atoms with Gasteiger partial charge in [-0.25, -0.2) is 4.98 Å². The van der Waals surface area contributed by atoms with Gasteiger partial charge in [-0.05, 0) is 19.1 Å². The zero-order valence-corrected chi connectivity index (χ0v) is 11.9. The van der Waals surface area contributed by atoms with E-state index in [9.17, 15) is 8.78 Å². The minimum absolute atomic E-state index is 0.197. The van der Waals surface area contributed by atoms with Gasteiger partial charge in [0.15, 0.2) is 0 Å². The molecule has 0 radical (unpaired) electrons. The zero-order valence-electron chi connectivity index (χ0n) is 11.1. The van der Waals surface area contributed by atoms with Crippen molar-refractivity contribution in [3.63, 3.8) is 0 Å². The second-order valence-electron chi connectivity index (χ2n) is 4.48. The Morgan fingerprint density at radius 2 is 2.20 bits per heavy atom. The molecule has 2 aromatic rings. The maximum absolute atomic E-state index is 12.1. The van der Waals surface area contributed by atoms with Crippen molar-refractivity contribution in [1.82, 2.24) is 14.9 Å². The highest BCUT2D eigenvalue weighted by Gasteiger charge is 2.08. The second kappa shape index (κ2) is 7.44. The first-order valence-corrected chi connectivity index (χ1v) is 7.35. The smallest absolute Gasteiger partial charge is 0.284 e. The molecule has 1 atom stereocenters. The normalized spacial score (nSPS) is 13.0. The minimum Gasteiger partial charge on any atom is -0.464 e. The molecule has 1 N–H and O–H groups in total.